The third-order valence-electron chi connectivity index (χ3n) is 3.49. The summed E-state index contributed by atoms with van der Waals surface area (Å²) >= 11 is 0. The van der Waals surface area contributed by atoms with Crippen LogP contribution in [0.5, 0.6) is 0 Å². The normalized spacial score (nSPS) is 23.8. The Morgan fingerprint density at radius 2 is 1.88 bits per heavy atom. The second-order valence-electron chi connectivity index (χ2n) is 5.08. The molecule has 3 heteroatoms. The summed E-state index contributed by atoms with van der Waals surface area (Å²) in [4.78, 5) is 15.5. The number of amides is 2. The van der Waals surface area contributed by atoms with Crippen molar-refractivity contribution in [2.75, 3.05) is 27.2 Å². The second-order valence-corrected chi connectivity index (χ2v) is 5.08. The third kappa shape index (κ3) is 2.43. The van der Waals surface area contributed by atoms with E-state index in [0.717, 1.165) is 13.1 Å². The second kappa shape index (κ2) is 4.78. The van der Waals surface area contributed by atoms with Gasteiger partial charge in [-0.1, -0.05) is 37.3 Å². The van der Waals surface area contributed by atoms with Crippen molar-refractivity contribution < 1.29 is 4.79 Å². The maximum atomic E-state index is 11.9. The highest BCUT2D eigenvalue weighted by atomic mass is 16.2. The lowest BCUT2D eigenvalue weighted by atomic mass is 9.90. The number of hydrogen-bond donors (Lipinski definition) is 0. The predicted molar refractivity (Wildman–Crippen MR) is 69.0 cm³/mol. The molecule has 2 unspecified atom stereocenters. The molecule has 1 aromatic rings. The van der Waals surface area contributed by atoms with Crippen molar-refractivity contribution in [2.24, 2.45) is 5.92 Å². The molecule has 1 aliphatic heterocycles. The fourth-order valence-corrected chi connectivity index (χ4v) is 2.54. The standard InChI is InChI=1S/C14H20N2O/c1-11-9-16(14(17)15(2)3)10-13(11)12-7-5-4-6-8-12/h4-8,11,13H,9-10H2,1-3H3. The maximum absolute atomic E-state index is 11.9. The van der Waals surface area contributed by atoms with Crippen molar-refractivity contribution in [1.29, 1.82) is 0 Å². The third-order valence-corrected chi connectivity index (χ3v) is 3.49. The van der Waals surface area contributed by atoms with Gasteiger partial charge in [0.15, 0.2) is 0 Å². The van der Waals surface area contributed by atoms with Crippen LogP contribution < -0.4 is 0 Å². The molecule has 3 nitrogen and oxygen atoms in total. The van der Waals surface area contributed by atoms with Crippen LogP contribution in [0, 0.1) is 5.92 Å². The van der Waals surface area contributed by atoms with Crippen molar-refractivity contribution in [3.8, 4) is 0 Å². The van der Waals surface area contributed by atoms with Gasteiger partial charge in [-0.25, -0.2) is 4.79 Å². The molecule has 0 radical (unpaired) electrons. The smallest absolute Gasteiger partial charge is 0.319 e. The van der Waals surface area contributed by atoms with Crippen LogP contribution in [0.15, 0.2) is 30.3 Å². The van der Waals surface area contributed by atoms with Crippen LogP contribution in [0.25, 0.3) is 0 Å². The molecule has 2 amide bonds. The van der Waals surface area contributed by atoms with Gasteiger partial charge in [-0.15, -0.1) is 0 Å². The summed E-state index contributed by atoms with van der Waals surface area (Å²) in [5.74, 6) is 1.00. The molecule has 0 aromatic heterocycles. The quantitative estimate of drug-likeness (QED) is 0.729. The fraction of sp³-hybridized carbons (Fsp3) is 0.500. The topological polar surface area (TPSA) is 23.6 Å². The van der Waals surface area contributed by atoms with Crippen LogP contribution in [0.1, 0.15) is 18.4 Å². The van der Waals surface area contributed by atoms with Gasteiger partial charge < -0.3 is 9.80 Å². The van der Waals surface area contributed by atoms with Gasteiger partial charge in [0.2, 0.25) is 0 Å². The molecule has 1 aliphatic rings. The molecule has 2 rings (SSSR count). The largest absolute Gasteiger partial charge is 0.331 e. The zero-order valence-corrected chi connectivity index (χ0v) is 10.8. The van der Waals surface area contributed by atoms with Gasteiger partial charge in [0.1, 0.15) is 0 Å². The first-order valence-electron chi connectivity index (χ1n) is 6.10. The van der Waals surface area contributed by atoms with Crippen molar-refractivity contribution in [2.45, 2.75) is 12.8 Å². The fourth-order valence-electron chi connectivity index (χ4n) is 2.54. The van der Waals surface area contributed by atoms with Crippen LogP contribution in [0.3, 0.4) is 0 Å². The summed E-state index contributed by atoms with van der Waals surface area (Å²) in [7, 11) is 3.62. The van der Waals surface area contributed by atoms with Crippen LogP contribution in [0.4, 0.5) is 4.79 Å². The first-order valence-corrected chi connectivity index (χ1v) is 6.10. The number of urea groups is 1. The van der Waals surface area contributed by atoms with E-state index in [1.54, 1.807) is 4.90 Å². The Morgan fingerprint density at radius 3 is 2.47 bits per heavy atom. The monoisotopic (exact) mass is 232 g/mol. The Kier molecular flexibility index (Phi) is 3.36. The minimum atomic E-state index is 0.121. The van der Waals surface area contributed by atoms with Gasteiger partial charge in [0.25, 0.3) is 0 Å². The first kappa shape index (κ1) is 12.0. The van der Waals surface area contributed by atoms with E-state index in [0.29, 0.717) is 11.8 Å². The minimum absolute atomic E-state index is 0.121. The molecule has 1 heterocycles. The Balaban J connectivity index is 2.11. The summed E-state index contributed by atoms with van der Waals surface area (Å²) in [6.45, 7) is 3.92. The Bertz CT molecular complexity index is 388. The summed E-state index contributed by atoms with van der Waals surface area (Å²) in [6.07, 6.45) is 0. The summed E-state index contributed by atoms with van der Waals surface area (Å²) in [6, 6.07) is 10.6. The number of benzene rings is 1. The Labute approximate surface area is 103 Å². The van der Waals surface area contributed by atoms with E-state index < -0.39 is 0 Å². The average Bonchev–Trinajstić information content (AvgIpc) is 2.71. The van der Waals surface area contributed by atoms with Crippen LogP contribution >= 0.6 is 0 Å². The first-order chi connectivity index (χ1) is 8.09. The van der Waals surface area contributed by atoms with Gasteiger partial charge >= 0.3 is 6.03 Å². The van der Waals surface area contributed by atoms with E-state index in [-0.39, 0.29) is 6.03 Å². The summed E-state index contributed by atoms with van der Waals surface area (Å²) in [5.41, 5.74) is 1.34. The molecular weight excluding hydrogens is 212 g/mol. The van der Waals surface area contributed by atoms with Gasteiger partial charge in [-0.05, 0) is 11.5 Å². The van der Waals surface area contributed by atoms with Crippen molar-refractivity contribution in [1.82, 2.24) is 9.80 Å². The molecular formula is C14H20N2O. The number of nitrogens with zero attached hydrogens (tertiary/aromatic N) is 2. The molecule has 1 fully saturated rings. The van der Waals surface area contributed by atoms with E-state index in [4.69, 9.17) is 0 Å². The number of hydrogen-bond acceptors (Lipinski definition) is 1. The van der Waals surface area contributed by atoms with Crippen LogP contribution in [-0.2, 0) is 0 Å². The zero-order valence-electron chi connectivity index (χ0n) is 10.8. The van der Waals surface area contributed by atoms with Crippen LogP contribution in [-0.4, -0.2) is 43.0 Å². The van der Waals surface area contributed by atoms with Gasteiger partial charge in [0.05, 0.1) is 0 Å². The molecule has 0 aliphatic carbocycles. The van der Waals surface area contributed by atoms with Gasteiger partial charge in [0, 0.05) is 33.1 Å². The van der Waals surface area contributed by atoms with Crippen LogP contribution in [0.2, 0.25) is 0 Å². The van der Waals surface area contributed by atoms with E-state index in [1.807, 2.05) is 25.1 Å². The maximum Gasteiger partial charge on any atom is 0.319 e. The lowest BCUT2D eigenvalue weighted by Gasteiger charge is -2.21. The number of likely N-dealkylation sites (tertiary alicyclic amines) is 1. The molecule has 0 spiro atoms. The van der Waals surface area contributed by atoms with Gasteiger partial charge in [-0.2, -0.15) is 0 Å². The van der Waals surface area contributed by atoms with Crippen molar-refractivity contribution in [3.05, 3.63) is 35.9 Å². The lowest BCUT2D eigenvalue weighted by Crippen LogP contribution is -2.37. The SMILES string of the molecule is CC1CN(C(=O)N(C)C)CC1c1ccccc1. The number of carbonyl (C=O) groups excluding carboxylic acids is 1. The molecule has 0 saturated carbocycles. The summed E-state index contributed by atoms with van der Waals surface area (Å²) < 4.78 is 0. The van der Waals surface area contributed by atoms with E-state index in [9.17, 15) is 4.79 Å². The average molecular weight is 232 g/mol. The molecule has 0 N–H and O–H groups in total. The number of carbonyl (C=O) groups is 1. The van der Waals surface area contributed by atoms with E-state index in [2.05, 4.69) is 31.2 Å². The molecule has 92 valence electrons. The minimum Gasteiger partial charge on any atom is -0.331 e. The molecule has 17 heavy (non-hydrogen) atoms. The summed E-state index contributed by atoms with van der Waals surface area (Å²) in [5, 5.41) is 0. The Morgan fingerprint density at radius 1 is 1.24 bits per heavy atom. The highest BCUT2D eigenvalue weighted by Gasteiger charge is 2.33. The van der Waals surface area contributed by atoms with Crippen molar-refractivity contribution in [3.63, 3.8) is 0 Å². The zero-order chi connectivity index (χ0) is 12.4. The highest BCUT2D eigenvalue weighted by Crippen LogP contribution is 2.32. The molecule has 1 aromatic carbocycles. The Hall–Kier alpha value is -1.51. The van der Waals surface area contributed by atoms with Gasteiger partial charge in [-0.3, -0.25) is 0 Å². The lowest BCUT2D eigenvalue weighted by molar-refractivity contribution is 0.180. The van der Waals surface area contributed by atoms with Crippen molar-refractivity contribution >= 4 is 6.03 Å². The molecule has 1 saturated heterocycles. The highest BCUT2D eigenvalue weighted by molar-refractivity contribution is 5.74. The van der Waals surface area contributed by atoms with E-state index in [1.165, 1.54) is 5.56 Å². The molecule has 0 bridgehead atoms. The van der Waals surface area contributed by atoms with E-state index >= 15 is 0 Å². The predicted octanol–water partition coefficient (Wildman–Crippen LogP) is 2.40. The number of rotatable bonds is 1. The molecule has 2 atom stereocenters.